The Balaban J connectivity index is 3.67. The van der Waals surface area contributed by atoms with Crippen LogP contribution in [0.15, 0.2) is 6.20 Å². The zero-order valence-corrected chi connectivity index (χ0v) is 9.88. The second-order valence-electron chi connectivity index (χ2n) is 2.84. The molecule has 3 nitrogen and oxygen atoms in total. The molecule has 1 aromatic heterocycles. The van der Waals surface area contributed by atoms with Crippen molar-refractivity contribution in [2.45, 2.75) is 12.6 Å². The van der Waals surface area contributed by atoms with Crippen molar-refractivity contribution < 1.29 is 31.9 Å². The van der Waals surface area contributed by atoms with Crippen molar-refractivity contribution in [3.63, 3.8) is 0 Å². The summed E-state index contributed by atoms with van der Waals surface area (Å²) in [6.45, 7) is 0. The lowest BCUT2D eigenvalue weighted by molar-refractivity contribution is -0.139. The Morgan fingerprint density at radius 3 is 2.29 bits per heavy atom. The third-order valence-electron chi connectivity index (χ3n) is 1.77. The molecule has 0 aliphatic carbocycles. The van der Waals surface area contributed by atoms with Gasteiger partial charge in [0.25, 0.3) is 6.43 Å². The first kappa shape index (κ1) is 14.1. The molecule has 0 amide bonds. The Hall–Kier alpha value is -1.00. The Labute approximate surface area is 105 Å². The molecule has 0 aromatic carbocycles. The fraction of sp³-hybridized carbons (Fsp3) is 0.250. The summed E-state index contributed by atoms with van der Waals surface area (Å²) in [7, 11) is 0. The number of pyridine rings is 1. The van der Waals surface area contributed by atoms with Gasteiger partial charge in [-0.05, 0) is 22.6 Å². The Kier molecular flexibility index (Phi) is 3.89. The van der Waals surface area contributed by atoms with Crippen LogP contribution in [0.25, 0.3) is 0 Å². The summed E-state index contributed by atoms with van der Waals surface area (Å²) in [5.41, 5.74) is -4.49. The predicted octanol–water partition coefficient (Wildman–Crippen LogP) is 3.34. The normalized spacial score (nSPS) is 11.9. The number of hydrogen-bond acceptors (Lipinski definition) is 2. The molecule has 0 bridgehead atoms. The van der Waals surface area contributed by atoms with Gasteiger partial charge in [-0.3, -0.25) is 4.98 Å². The average molecular weight is 367 g/mol. The number of aromatic carboxylic acids is 1. The van der Waals surface area contributed by atoms with Crippen LogP contribution < -0.4 is 0 Å². The molecule has 9 heteroatoms. The van der Waals surface area contributed by atoms with Crippen molar-refractivity contribution in [2.24, 2.45) is 0 Å². The van der Waals surface area contributed by atoms with E-state index in [1.165, 1.54) is 22.6 Å². The van der Waals surface area contributed by atoms with E-state index in [9.17, 15) is 26.7 Å². The minimum Gasteiger partial charge on any atom is -0.478 e. The zero-order chi connectivity index (χ0) is 13.4. The Morgan fingerprint density at radius 1 is 1.41 bits per heavy atom. The van der Waals surface area contributed by atoms with Crippen molar-refractivity contribution >= 4 is 28.6 Å². The van der Waals surface area contributed by atoms with Crippen LogP contribution in [0.2, 0.25) is 0 Å². The van der Waals surface area contributed by atoms with Gasteiger partial charge in [-0.1, -0.05) is 0 Å². The van der Waals surface area contributed by atoms with Gasteiger partial charge in [-0.15, -0.1) is 0 Å². The molecule has 0 saturated carbocycles. The van der Waals surface area contributed by atoms with Gasteiger partial charge in [0, 0.05) is 9.77 Å². The third kappa shape index (κ3) is 2.82. The lowest BCUT2D eigenvalue weighted by Gasteiger charge is -2.14. The SMILES string of the molecule is O=C(O)c1c(C(F)F)ncc(I)c1C(F)(F)F. The van der Waals surface area contributed by atoms with Gasteiger partial charge in [0.1, 0.15) is 11.3 Å². The van der Waals surface area contributed by atoms with E-state index in [2.05, 4.69) is 4.98 Å². The van der Waals surface area contributed by atoms with Crippen LogP contribution in [0, 0.1) is 3.57 Å². The standard InChI is InChI=1S/C8H3F5INO2/c9-6(10)5-3(7(16)17)4(8(11,12)13)2(14)1-15-5/h1,6H,(H,16,17). The van der Waals surface area contributed by atoms with E-state index in [1.54, 1.807) is 0 Å². The molecule has 0 atom stereocenters. The molecule has 17 heavy (non-hydrogen) atoms. The van der Waals surface area contributed by atoms with E-state index < -0.39 is 39.0 Å². The maximum Gasteiger partial charge on any atom is 0.418 e. The van der Waals surface area contributed by atoms with Gasteiger partial charge in [0.2, 0.25) is 0 Å². The largest absolute Gasteiger partial charge is 0.478 e. The number of aromatic nitrogens is 1. The van der Waals surface area contributed by atoms with E-state index in [0.29, 0.717) is 6.20 Å². The minimum atomic E-state index is -5.03. The quantitative estimate of drug-likeness (QED) is 0.645. The molecule has 0 aliphatic rings. The number of carboxylic acid groups (broad SMARTS) is 1. The highest BCUT2D eigenvalue weighted by molar-refractivity contribution is 14.1. The predicted molar refractivity (Wildman–Crippen MR) is 53.9 cm³/mol. The van der Waals surface area contributed by atoms with Crippen LogP contribution in [-0.4, -0.2) is 16.1 Å². The maximum atomic E-state index is 12.6. The van der Waals surface area contributed by atoms with E-state index >= 15 is 0 Å². The number of halogens is 6. The van der Waals surface area contributed by atoms with Crippen LogP contribution in [0.1, 0.15) is 28.0 Å². The van der Waals surface area contributed by atoms with E-state index in [0.717, 1.165) is 0 Å². The molecule has 0 unspecified atom stereocenters. The van der Waals surface area contributed by atoms with E-state index in [1.807, 2.05) is 0 Å². The summed E-state index contributed by atoms with van der Waals surface area (Å²) >= 11 is 1.19. The number of nitrogens with zero attached hydrogens (tertiary/aromatic N) is 1. The highest BCUT2D eigenvalue weighted by Crippen LogP contribution is 2.38. The van der Waals surface area contributed by atoms with Crippen LogP contribution in [-0.2, 0) is 6.18 Å². The molecule has 1 aromatic rings. The first-order valence-corrected chi connectivity index (χ1v) is 5.01. The molecule has 0 radical (unpaired) electrons. The van der Waals surface area contributed by atoms with Gasteiger partial charge in [-0.25, -0.2) is 13.6 Å². The van der Waals surface area contributed by atoms with Crippen molar-refractivity contribution in [1.82, 2.24) is 4.98 Å². The summed E-state index contributed by atoms with van der Waals surface area (Å²) < 4.78 is 62.0. The molecule has 1 N–H and O–H groups in total. The number of rotatable bonds is 2. The molecule has 1 heterocycles. The summed E-state index contributed by atoms with van der Waals surface area (Å²) in [6, 6.07) is 0. The number of carbonyl (C=O) groups is 1. The van der Waals surface area contributed by atoms with Gasteiger partial charge in [0.15, 0.2) is 0 Å². The summed E-state index contributed by atoms with van der Waals surface area (Å²) in [5, 5.41) is 8.61. The van der Waals surface area contributed by atoms with Crippen LogP contribution >= 0.6 is 22.6 Å². The van der Waals surface area contributed by atoms with Gasteiger partial charge in [0.05, 0.1) is 5.56 Å². The summed E-state index contributed by atoms with van der Waals surface area (Å²) in [5.74, 6) is -2.08. The second kappa shape index (κ2) is 4.70. The molecule has 94 valence electrons. The highest BCUT2D eigenvalue weighted by atomic mass is 127. The van der Waals surface area contributed by atoms with Crippen molar-refractivity contribution in [3.8, 4) is 0 Å². The molecule has 0 fully saturated rings. The van der Waals surface area contributed by atoms with Crippen LogP contribution in [0.5, 0.6) is 0 Å². The molecule has 0 saturated heterocycles. The van der Waals surface area contributed by atoms with Crippen molar-refractivity contribution in [2.75, 3.05) is 0 Å². The number of hydrogen-bond donors (Lipinski definition) is 1. The van der Waals surface area contributed by atoms with E-state index in [-0.39, 0.29) is 0 Å². The highest BCUT2D eigenvalue weighted by Gasteiger charge is 2.40. The molecule has 0 aliphatic heterocycles. The Bertz CT molecular complexity index is 460. The third-order valence-corrected chi connectivity index (χ3v) is 2.58. The smallest absolute Gasteiger partial charge is 0.418 e. The molecular weight excluding hydrogens is 364 g/mol. The number of carboxylic acids is 1. The monoisotopic (exact) mass is 367 g/mol. The zero-order valence-electron chi connectivity index (χ0n) is 7.73. The average Bonchev–Trinajstić information content (AvgIpc) is 2.14. The van der Waals surface area contributed by atoms with Gasteiger partial charge < -0.3 is 5.11 Å². The molecular formula is C8H3F5INO2. The van der Waals surface area contributed by atoms with Crippen molar-refractivity contribution in [3.05, 3.63) is 26.6 Å². The van der Waals surface area contributed by atoms with Gasteiger partial charge >= 0.3 is 12.1 Å². The van der Waals surface area contributed by atoms with Crippen LogP contribution in [0.3, 0.4) is 0 Å². The second-order valence-corrected chi connectivity index (χ2v) is 4.01. The van der Waals surface area contributed by atoms with Crippen LogP contribution in [0.4, 0.5) is 22.0 Å². The maximum absolute atomic E-state index is 12.6. The van der Waals surface area contributed by atoms with Crippen molar-refractivity contribution in [1.29, 1.82) is 0 Å². The minimum absolute atomic E-state index is 0.545. The molecule has 1 rings (SSSR count). The lowest BCUT2D eigenvalue weighted by Crippen LogP contribution is -2.19. The lowest BCUT2D eigenvalue weighted by atomic mass is 10.1. The first-order valence-electron chi connectivity index (χ1n) is 3.93. The fourth-order valence-corrected chi connectivity index (χ4v) is 1.88. The first-order chi connectivity index (χ1) is 7.66. The van der Waals surface area contributed by atoms with E-state index in [4.69, 9.17) is 5.11 Å². The Morgan fingerprint density at radius 2 is 1.94 bits per heavy atom. The summed E-state index contributed by atoms with van der Waals surface area (Å²) in [6.07, 6.45) is -7.85. The topological polar surface area (TPSA) is 50.2 Å². The fourth-order valence-electron chi connectivity index (χ4n) is 1.16. The molecule has 0 spiro atoms. The van der Waals surface area contributed by atoms with Gasteiger partial charge in [-0.2, -0.15) is 13.2 Å². The summed E-state index contributed by atoms with van der Waals surface area (Å²) in [4.78, 5) is 13.7. The number of alkyl halides is 5.